The van der Waals surface area contributed by atoms with E-state index in [2.05, 4.69) is 4.72 Å². The van der Waals surface area contributed by atoms with Gasteiger partial charge < -0.3 is 9.84 Å². The molecule has 1 aromatic rings. The molecule has 2 atom stereocenters. The van der Waals surface area contributed by atoms with Crippen LogP contribution >= 0.6 is 0 Å². The smallest absolute Gasteiger partial charge is 0.305 e. The van der Waals surface area contributed by atoms with E-state index in [1.165, 1.54) is 33.1 Å². The van der Waals surface area contributed by atoms with Crippen LogP contribution in [0.2, 0.25) is 0 Å². The van der Waals surface area contributed by atoms with Crippen LogP contribution in [-0.2, 0) is 19.6 Å². The Hall–Kier alpha value is -1.51. The number of carboxylic acid groups (broad SMARTS) is 1. The van der Waals surface area contributed by atoms with Gasteiger partial charge in [0, 0.05) is 7.11 Å². The van der Waals surface area contributed by atoms with Gasteiger partial charge in [-0.2, -0.15) is 0 Å². The van der Waals surface area contributed by atoms with Gasteiger partial charge in [-0.1, -0.05) is 12.1 Å². The lowest BCUT2D eigenvalue weighted by molar-refractivity contribution is -0.138. The highest BCUT2D eigenvalue weighted by Gasteiger charge is 2.29. The summed E-state index contributed by atoms with van der Waals surface area (Å²) in [5.74, 6) is -2.07. The molecule has 1 rings (SSSR count). The van der Waals surface area contributed by atoms with E-state index in [9.17, 15) is 17.6 Å². The van der Waals surface area contributed by atoms with Crippen LogP contribution in [0.4, 0.5) is 4.39 Å². The largest absolute Gasteiger partial charge is 0.481 e. The standard InChI is InChI=1S/C13H18FNO5S/c1-8-5-4-6-10(14)13(8)21(18,19)15-11(7-12(16)17)9(2)20-3/h4-6,9,11,15H,7H2,1-3H3,(H,16,17)/t9-,11-/m1/s1. The molecule has 118 valence electrons. The SMILES string of the molecule is CO[C@H](C)[C@@H](CC(=O)O)NS(=O)(=O)c1c(C)cccc1F. The number of sulfonamides is 1. The molecular weight excluding hydrogens is 301 g/mol. The number of aliphatic carboxylic acids is 1. The van der Waals surface area contributed by atoms with E-state index in [0.717, 1.165) is 6.07 Å². The van der Waals surface area contributed by atoms with Gasteiger partial charge in [-0.3, -0.25) is 4.79 Å². The molecule has 0 aliphatic heterocycles. The van der Waals surface area contributed by atoms with Crippen molar-refractivity contribution in [2.45, 2.75) is 37.3 Å². The Labute approximate surface area is 123 Å². The molecular formula is C13H18FNO5S. The number of hydrogen-bond donors (Lipinski definition) is 2. The maximum Gasteiger partial charge on any atom is 0.305 e. The summed E-state index contributed by atoms with van der Waals surface area (Å²) in [7, 11) is -2.85. The summed E-state index contributed by atoms with van der Waals surface area (Å²) in [6, 6.07) is 2.89. The van der Waals surface area contributed by atoms with E-state index in [-0.39, 0.29) is 5.56 Å². The van der Waals surface area contributed by atoms with E-state index >= 15 is 0 Å². The number of aryl methyl sites for hydroxylation is 1. The van der Waals surface area contributed by atoms with Gasteiger partial charge in [-0.15, -0.1) is 0 Å². The van der Waals surface area contributed by atoms with E-state index < -0.39 is 45.3 Å². The molecule has 8 heteroatoms. The minimum absolute atomic E-state index is 0.238. The second kappa shape index (κ2) is 6.97. The summed E-state index contributed by atoms with van der Waals surface area (Å²) in [4.78, 5) is 10.3. The number of carbonyl (C=O) groups is 1. The summed E-state index contributed by atoms with van der Waals surface area (Å²) in [6.07, 6.45) is -1.15. The van der Waals surface area contributed by atoms with Gasteiger partial charge in [0.25, 0.3) is 0 Å². The highest BCUT2D eigenvalue weighted by Crippen LogP contribution is 2.20. The van der Waals surface area contributed by atoms with Crippen LogP contribution in [0.15, 0.2) is 23.1 Å². The normalized spacial score (nSPS) is 14.7. The zero-order valence-corrected chi connectivity index (χ0v) is 12.8. The van der Waals surface area contributed by atoms with Crippen molar-refractivity contribution in [2.24, 2.45) is 0 Å². The van der Waals surface area contributed by atoms with Crippen LogP contribution in [0.3, 0.4) is 0 Å². The Morgan fingerprint density at radius 1 is 1.48 bits per heavy atom. The number of rotatable bonds is 7. The second-order valence-corrected chi connectivity index (χ2v) is 6.30. The molecule has 0 aromatic heterocycles. The Morgan fingerprint density at radius 2 is 2.10 bits per heavy atom. The third-order valence-corrected chi connectivity index (χ3v) is 4.74. The predicted octanol–water partition coefficient (Wildman–Crippen LogP) is 1.29. The van der Waals surface area contributed by atoms with Crippen LogP contribution in [-0.4, -0.2) is 38.7 Å². The Kier molecular flexibility index (Phi) is 5.82. The summed E-state index contributed by atoms with van der Waals surface area (Å²) in [5, 5.41) is 8.84. The molecule has 1 aromatic carbocycles. The average Bonchev–Trinajstić information content (AvgIpc) is 2.35. The fourth-order valence-electron chi connectivity index (χ4n) is 1.87. The topological polar surface area (TPSA) is 92.7 Å². The van der Waals surface area contributed by atoms with E-state index in [1.807, 2.05) is 0 Å². The van der Waals surface area contributed by atoms with Crippen LogP contribution in [0.5, 0.6) is 0 Å². The first-order valence-corrected chi connectivity index (χ1v) is 7.69. The fraction of sp³-hybridized carbons (Fsp3) is 0.462. The van der Waals surface area contributed by atoms with Crippen molar-refractivity contribution in [3.05, 3.63) is 29.6 Å². The van der Waals surface area contributed by atoms with Crippen molar-refractivity contribution in [3.8, 4) is 0 Å². The third kappa shape index (κ3) is 4.48. The lowest BCUT2D eigenvalue weighted by Crippen LogP contribution is -2.44. The molecule has 0 saturated heterocycles. The van der Waals surface area contributed by atoms with Gasteiger partial charge in [0.2, 0.25) is 10.0 Å². The number of hydrogen-bond acceptors (Lipinski definition) is 4. The molecule has 0 radical (unpaired) electrons. The number of carboxylic acids is 1. The maximum atomic E-state index is 13.8. The highest BCUT2D eigenvalue weighted by atomic mass is 32.2. The minimum atomic E-state index is -4.19. The van der Waals surface area contributed by atoms with E-state index in [0.29, 0.717) is 0 Å². The predicted molar refractivity (Wildman–Crippen MR) is 74.0 cm³/mol. The molecule has 2 N–H and O–H groups in total. The van der Waals surface area contributed by atoms with Crippen molar-refractivity contribution in [1.82, 2.24) is 4.72 Å². The number of nitrogens with one attached hydrogen (secondary N) is 1. The molecule has 0 spiro atoms. The molecule has 0 heterocycles. The zero-order valence-electron chi connectivity index (χ0n) is 12.0. The quantitative estimate of drug-likeness (QED) is 0.790. The van der Waals surface area contributed by atoms with Gasteiger partial charge in [0.1, 0.15) is 10.7 Å². The summed E-state index contributed by atoms with van der Waals surface area (Å²) in [6.45, 7) is 2.99. The van der Waals surface area contributed by atoms with Gasteiger partial charge in [-0.05, 0) is 25.5 Å². The van der Waals surface area contributed by atoms with E-state index in [1.54, 1.807) is 0 Å². The molecule has 0 amide bonds. The van der Waals surface area contributed by atoms with Gasteiger partial charge in [0.15, 0.2) is 0 Å². The molecule has 0 aliphatic rings. The Morgan fingerprint density at radius 3 is 2.57 bits per heavy atom. The van der Waals surface area contributed by atoms with Crippen molar-refractivity contribution in [1.29, 1.82) is 0 Å². The first-order chi connectivity index (χ1) is 9.69. The van der Waals surface area contributed by atoms with Gasteiger partial charge in [0.05, 0.1) is 18.6 Å². The number of methoxy groups -OCH3 is 1. The molecule has 0 saturated carbocycles. The van der Waals surface area contributed by atoms with Gasteiger partial charge in [-0.25, -0.2) is 17.5 Å². The van der Waals surface area contributed by atoms with Gasteiger partial charge >= 0.3 is 5.97 Å². The molecule has 21 heavy (non-hydrogen) atoms. The summed E-state index contributed by atoms with van der Waals surface area (Å²) in [5.41, 5.74) is 0.238. The molecule has 0 bridgehead atoms. The molecule has 0 aliphatic carbocycles. The molecule has 0 unspecified atom stereocenters. The van der Waals surface area contributed by atoms with Crippen molar-refractivity contribution in [3.63, 3.8) is 0 Å². The summed E-state index contributed by atoms with van der Waals surface area (Å²) < 4.78 is 45.5. The van der Waals surface area contributed by atoms with E-state index in [4.69, 9.17) is 9.84 Å². The van der Waals surface area contributed by atoms with Crippen molar-refractivity contribution in [2.75, 3.05) is 7.11 Å². The lowest BCUT2D eigenvalue weighted by atomic mass is 10.1. The van der Waals surface area contributed by atoms with Crippen molar-refractivity contribution >= 4 is 16.0 Å². The first kappa shape index (κ1) is 17.5. The zero-order chi connectivity index (χ0) is 16.2. The second-order valence-electron chi connectivity index (χ2n) is 4.65. The fourth-order valence-corrected chi connectivity index (χ4v) is 3.48. The average molecular weight is 319 g/mol. The van der Waals surface area contributed by atoms with Crippen LogP contribution < -0.4 is 4.72 Å². The molecule has 0 fully saturated rings. The number of benzene rings is 1. The third-order valence-electron chi connectivity index (χ3n) is 3.07. The monoisotopic (exact) mass is 319 g/mol. The van der Waals surface area contributed by atoms with Crippen LogP contribution in [0.1, 0.15) is 18.9 Å². The Balaban J connectivity index is 3.14. The minimum Gasteiger partial charge on any atom is -0.481 e. The Bertz CT molecular complexity index is 597. The lowest BCUT2D eigenvalue weighted by Gasteiger charge is -2.23. The van der Waals surface area contributed by atoms with Crippen LogP contribution in [0.25, 0.3) is 0 Å². The summed E-state index contributed by atoms with van der Waals surface area (Å²) >= 11 is 0. The molecule has 6 nitrogen and oxygen atoms in total. The maximum absolute atomic E-state index is 13.8. The number of ether oxygens (including phenoxy) is 1. The highest BCUT2D eigenvalue weighted by molar-refractivity contribution is 7.89. The first-order valence-electron chi connectivity index (χ1n) is 6.21. The number of halogens is 1. The van der Waals surface area contributed by atoms with Crippen LogP contribution in [0, 0.1) is 12.7 Å². The van der Waals surface area contributed by atoms with Crippen molar-refractivity contribution < 1.29 is 27.4 Å².